The van der Waals surface area contributed by atoms with Gasteiger partial charge in [-0.3, -0.25) is 4.98 Å². The first-order valence-electron chi connectivity index (χ1n) is 8.84. The van der Waals surface area contributed by atoms with Crippen molar-refractivity contribution in [3.8, 4) is 17.2 Å². The fraction of sp³-hybridized carbons (Fsp3) is 0.143. The highest BCUT2D eigenvalue weighted by atomic mass is 79.9. The lowest BCUT2D eigenvalue weighted by atomic mass is 9.95. The number of ether oxygens (including phenoxy) is 1. The van der Waals surface area contributed by atoms with Gasteiger partial charge >= 0.3 is 0 Å². The third-order valence-electron chi connectivity index (χ3n) is 5.04. The predicted octanol–water partition coefficient (Wildman–Crippen LogP) is 4.50. The van der Waals surface area contributed by atoms with Gasteiger partial charge < -0.3 is 14.9 Å². The highest BCUT2D eigenvalue weighted by Gasteiger charge is 2.41. The number of benzene rings is 2. The molecule has 5 rings (SSSR count). The van der Waals surface area contributed by atoms with Gasteiger partial charge in [0.15, 0.2) is 0 Å². The van der Waals surface area contributed by atoms with E-state index in [9.17, 15) is 10.2 Å². The van der Waals surface area contributed by atoms with Crippen molar-refractivity contribution in [2.45, 2.75) is 18.7 Å². The molecule has 3 aromatic rings. The van der Waals surface area contributed by atoms with Crippen LogP contribution in [0.15, 0.2) is 70.5 Å². The zero-order chi connectivity index (χ0) is 19.3. The number of hydrogen-bond acceptors (Lipinski definition) is 6. The third-order valence-corrected chi connectivity index (χ3v) is 5.53. The average molecular weight is 438 g/mol. The Bertz CT molecular complexity index is 1090. The van der Waals surface area contributed by atoms with Crippen molar-refractivity contribution in [2.24, 2.45) is 5.10 Å². The van der Waals surface area contributed by atoms with Crippen molar-refractivity contribution in [3.05, 3.63) is 82.1 Å². The zero-order valence-electron chi connectivity index (χ0n) is 14.7. The van der Waals surface area contributed by atoms with Crippen molar-refractivity contribution in [1.29, 1.82) is 0 Å². The predicted molar refractivity (Wildman–Crippen MR) is 107 cm³/mol. The Kier molecular flexibility index (Phi) is 3.98. The number of fused-ring (bicyclic) bond motifs is 3. The second-order valence-electron chi connectivity index (χ2n) is 6.78. The van der Waals surface area contributed by atoms with Crippen molar-refractivity contribution < 1.29 is 14.9 Å². The molecular weight excluding hydrogens is 422 g/mol. The summed E-state index contributed by atoms with van der Waals surface area (Å²) in [5.74, 6) is 0.844. The molecule has 2 atom stereocenters. The van der Waals surface area contributed by atoms with E-state index in [1.807, 2.05) is 35.3 Å². The van der Waals surface area contributed by atoms with Gasteiger partial charge in [-0.2, -0.15) is 5.10 Å². The Balaban J connectivity index is 1.62. The largest absolute Gasteiger partial charge is 0.508 e. The van der Waals surface area contributed by atoms with E-state index >= 15 is 0 Å². The lowest BCUT2D eigenvalue weighted by molar-refractivity contribution is -0.0191. The van der Waals surface area contributed by atoms with Crippen LogP contribution in [0.3, 0.4) is 0 Å². The van der Waals surface area contributed by atoms with Crippen LogP contribution in [0.5, 0.6) is 17.2 Å². The Labute approximate surface area is 169 Å². The molecule has 6 nitrogen and oxygen atoms in total. The molecule has 7 heteroatoms. The fourth-order valence-electron chi connectivity index (χ4n) is 3.73. The summed E-state index contributed by atoms with van der Waals surface area (Å²) in [5.41, 5.74) is 3.35. The van der Waals surface area contributed by atoms with Gasteiger partial charge in [-0.1, -0.05) is 15.9 Å². The van der Waals surface area contributed by atoms with E-state index in [0.717, 1.165) is 27.1 Å². The van der Waals surface area contributed by atoms with Crippen LogP contribution < -0.4 is 4.74 Å². The number of aromatic nitrogens is 1. The maximum atomic E-state index is 10.3. The summed E-state index contributed by atoms with van der Waals surface area (Å²) in [6, 6.07) is 14.3. The summed E-state index contributed by atoms with van der Waals surface area (Å²) in [4.78, 5) is 4.09. The number of pyridine rings is 1. The van der Waals surface area contributed by atoms with Crippen LogP contribution >= 0.6 is 15.9 Å². The average Bonchev–Trinajstić information content (AvgIpc) is 3.13. The third kappa shape index (κ3) is 2.79. The quantitative estimate of drug-likeness (QED) is 0.616. The maximum Gasteiger partial charge on any atom is 0.213 e. The van der Waals surface area contributed by atoms with E-state index in [0.29, 0.717) is 12.0 Å². The molecule has 0 saturated heterocycles. The van der Waals surface area contributed by atoms with Gasteiger partial charge in [0.05, 0.1) is 11.8 Å². The number of phenolic OH excluding ortho intramolecular Hbond substituents is 2. The number of hydrogen-bond donors (Lipinski definition) is 2. The summed E-state index contributed by atoms with van der Waals surface area (Å²) in [6.45, 7) is 0. The monoisotopic (exact) mass is 437 g/mol. The Morgan fingerprint density at radius 3 is 2.64 bits per heavy atom. The molecule has 140 valence electrons. The SMILES string of the molecule is Oc1ccc(C2=NN3[C@H](C2)c2cc(Br)ccc2O[C@@H]3c2ccncc2)c(O)c1. The molecule has 0 radical (unpaired) electrons. The molecular formula is C21H16BrN3O3. The molecule has 2 aliphatic heterocycles. The van der Waals surface area contributed by atoms with Crippen LogP contribution in [0.25, 0.3) is 0 Å². The molecule has 1 aromatic heterocycles. The second-order valence-corrected chi connectivity index (χ2v) is 7.70. The van der Waals surface area contributed by atoms with Crippen LogP contribution in [0.4, 0.5) is 0 Å². The molecule has 2 aromatic carbocycles. The second kappa shape index (κ2) is 6.53. The van der Waals surface area contributed by atoms with Gasteiger partial charge in [-0.05, 0) is 42.5 Å². The molecule has 0 saturated carbocycles. The van der Waals surface area contributed by atoms with Crippen LogP contribution in [-0.2, 0) is 0 Å². The molecule has 2 aliphatic rings. The lowest BCUT2D eigenvalue weighted by Crippen LogP contribution is -2.33. The number of phenols is 2. The first-order chi connectivity index (χ1) is 13.6. The summed E-state index contributed by atoms with van der Waals surface area (Å²) >= 11 is 3.54. The minimum atomic E-state index is -0.390. The molecule has 0 amide bonds. The Morgan fingerprint density at radius 1 is 1.04 bits per heavy atom. The Hall–Kier alpha value is -3.06. The van der Waals surface area contributed by atoms with E-state index in [1.54, 1.807) is 24.5 Å². The molecule has 0 spiro atoms. The Morgan fingerprint density at radius 2 is 1.86 bits per heavy atom. The van der Waals surface area contributed by atoms with E-state index in [4.69, 9.17) is 9.84 Å². The highest BCUT2D eigenvalue weighted by molar-refractivity contribution is 9.10. The van der Waals surface area contributed by atoms with Gasteiger partial charge in [0.1, 0.15) is 17.2 Å². The van der Waals surface area contributed by atoms with Gasteiger partial charge in [0.2, 0.25) is 6.23 Å². The van der Waals surface area contributed by atoms with Gasteiger partial charge in [0, 0.05) is 46.0 Å². The summed E-state index contributed by atoms with van der Waals surface area (Å²) in [7, 11) is 0. The smallest absolute Gasteiger partial charge is 0.213 e. The van der Waals surface area contributed by atoms with Gasteiger partial charge in [-0.25, -0.2) is 5.01 Å². The standard InChI is InChI=1S/C21H16BrN3O3/c22-13-1-4-20-16(9-13)18-11-17(15-3-2-14(26)10-19(15)27)24-25(18)21(28-20)12-5-7-23-8-6-12/h1-10,18,21,26-27H,11H2/t18-,21-/m1/s1. The lowest BCUT2D eigenvalue weighted by Gasteiger charge is -2.38. The summed E-state index contributed by atoms with van der Waals surface area (Å²) < 4.78 is 7.26. The number of halogens is 1. The highest BCUT2D eigenvalue weighted by Crippen LogP contribution is 2.48. The van der Waals surface area contributed by atoms with Gasteiger partial charge in [-0.15, -0.1) is 0 Å². The van der Waals surface area contributed by atoms with E-state index < -0.39 is 6.23 Å². The van der Waals surface area contributed by atoms with E-state index in [2.05, 4.69) is 20.9 Å². The molecule has 3 heterocycles. The fourth-order valence-corrected chi connectivity index (χ4v) is 4.11. The summed E-state index contributed by atoms with van der Waals surface area (Å²) in [5, 5.41) is 26.6. The van der Waals surface area contributed by atoms with Crippen LogP contribution in [-0.4, -0.2) is 25.9 Å². The molecule has 0 unspecified atom stereocenters. The number of hydrazone groups is 1. The van der Waals surface area contributed by atoms with Crippen LogP contribution in [0.2, 0.25) is 0 Å². The van der Waals surface area contributed by atoms with Crippen molar-refractivity contribution in [1.82, 2.24) is 9.99 Å². The minimum absolute atomic E-state index is 0.00874. The van der Waals surface area contributed by atoms with Crippen molar-refractivity contribution >= 4 is 21.6 Å². The van der Waals surface area contributed by atoms with Crippen LogP contribution in [0, 0.1) is 0 Å². The zero-order valence-corrected chi connectivity index (χ0v) is 16.2. The first kappa shape index (κ1) is 17.1. The first-order valence-corrected chi connectivity index (χ1v) is 9.63. The topological polar surface area (TPSA) is 78.2 Å². The van der Waals surface area contributed by atoms with Gasteiger partial charge in [0.25, 0.3) is 0 Å². The minimum Gasteiger partial charge on any atom is -0.508 e. The van der Waals surface area contributed by atoms with Crippen molar-refractivity contribution in [2.75, 3.05) is 0 Å². The van der Waals surface area contributed by atoms with Crippen LogP contribution in [0.1, 0.15) is 35.4 Å². The molecule has 28 heavy (non-hydrogen) atoms. The number of aromatic hydroxyl groups is 2. The number of rotatable bonds is 2. The molecule has 0 bridgehead atoms. The molecule has 2 N–H and O–H groups in total. The number of nitrogens with zero attached hydrogens (tertiary/aromatic N) is 3. The summed E-state index contributed by atoms with van der Waals surface area (Å²) in [6.07, 6.45) is 3.69. The van der Waals surface area contributed by atoms with E-state index in [-0.39, 0.29) is 17.5 Å². The normalized spacial score (nSPS) is 20.2. The van der Waals surface area contributed by atoms with E-state index in [1.165, 1.54) is 6.07 Å². The maximum absolute atomic E-state index is 10.3. The molecule has 0 aliphatic carbocycles. The van der Waals surface area contributed by atoms with Crippen molar-refractivity contribution in [3.63, 3.8) is 0 Å². The molecule has 0 fully saturated rings.